The van der Waals surface area contributed by atoms with Crippen molar-refractivity contribution >= 4 is 28.9 Å². The molecule has 3 rings (SSSR count). The molecule has 1 saturated carbocycles. The summed E-state index contributed by atoms with van der Waals surface area (Å²) in [6.07, 6.45) is 8.12. The molecule has 1 aromatic carbocycles. The molecule has 1 fully saturated rings. The lowest BCUT2D eigenvalue weighted by molar-refractivity contribution is 0.102. The van der Waals surface area contributed by atoms with Crippen molar-refractivity contribution in [2.75, 3.05) is 17.7 Å². The zero-order valence-corrected chi connectivity index (χ0v) is 14.3. The largest absolute Gasteiger partial charge is 0.495 e. The number of hydrogen-bond acceptors (Lipinski definition) is 4. The van der Waals surface area contributed by atoms with Crippen molar-refractivity contribution in [2.45, 2.75) is 31.7 Å². The molecule has 0 bridgehead atoms. The van der Waals surface area contributed by atoms with Crippen molar-refractivity contribution < 1.29 is 9.53 Å². The molecule has 0 saturated heterocycles. The molecule has 1 aliphatic carbocycles. The zero-order valence-electron chi connectivity index (χ0n) is 13.5. The van der Waals surface area contributed by atoms with Crippen LogP contribution in [0.15, 0.2) is 36.7 Å². The Morgan fingerprint density at radius 2 is 2.04 bits per heavy atom. The lowest BCUT2D eigenvalue weighted by Gasteiger charge is -2.14. The van der Waals surface area contributed by atoms with E-state index in [4.69, 9.17) is 16.3 Å². The summed E-state index contributed by atoms with van der Waals surface area (Å²) in [5.41, 5.74) is 1.89. The predicted octanol–water partition coefficient (Wildman–Crippen LogP) is 4.35. The van der Waals surface area contributed by atoms with Crippen LogP contribution in [0.1, 0.15) is 36.0 Å². The monoisotopic (exact) mass is 345 g/mol. The molecule has 0 radical (unpaired) electrons. The highest BCUT2D eigenvalue weighted by atomic mass is 35.5. The lowest BCUT2D eigenvalue weighted by Crippen LogP contribution is -2.17. The van der Waals surface area contributed by atoms with E-state index < -0.39 is 0 Å². The van der Waals surface area contributed by atoms with Gasteiger partial charge in [0.25, 0.3) is 5.91 Å². The molecule has 6 heteroatoms. The van der Waals surface area contributed by atoms with Gasteiger partial charge in [-0.3, -0.25) is 9.78 Å². The Morgan fingerprint density at radius 3 is 2.79 bits per heavy atom. The van der Waals surface area contributed by atoms with Gasteiger partial charge in [-0.25, -0.2) is 0 Å². The fraction of sp³-hybridized carbons (Fsp3) is 0.333. The fourth-order valence-electron chi connectivity index (χ4n) is 2.92. The Bertz CT molecular complexity index is 730. The van der Waals surface area contributed by atoms with Gasteiger partial charge in [0.05, 0.1) is 24.0 Å². The number of methoxy groups -OCH3 is 1. The van der Waals surface area contributed by atoms with Gasteiger partial charge in [-0.15, -0.1) is 0 Å². The average molecular weight is 346 g/mol. The van der Waals surface area contributed by atoms with Gasteiger partial charge in [-0.1, -0.05) is 24.4 Å². The molecule has 1 amide bonds. The van der Waals surface area contributed by atoms with Crippen LogP contribution in [0.5, 0.6) is 5.75 Å². The molecular formula is C18H20ClN3O2. The number of hydrogen-bond donors (Lipinski definition) is 2. The normalized spacial score (nSPS) is 14.4. The molecule has 2 aromatic rings. The van der Waals surface area contributed by atoms with E-state index in [1.807, 2.05) is 6.07 Å². The summed E-state index contributed by atoms with van der Waals surface area (Å²) < 4.78 is 5.25. The van der Waals surface area contributed by atoms with Crippen molar-refractivity contribution in [1.82, 2.24) is 4.98 Å². The Morgan fingerprint density at radius 1 is 1.25 bits per heavy atom. The van der Waals surface area contributed by atoms with Crippen LogP contribution in [0.4, 0.5) is 11.4 Å². The van der Waals surface area contributed by atoms with Gasteiger partial charge in [0, 0.05) is 23.5 Å². The second-order valence-corrected chi connectivity index (χ2v) is 6.32. The van der Waals surface area contributed by atoms with Gasteiger partial charge >= 0.3 is 0 Å². The summed E-state index contributed by atoms with van der Waals surface area (Å²) in [6.45, 7) is 0. The van der Waals surface area contributed by atoms with Gasteiger partial charge in [-0.2, -0.15) is 0 Å². The predicted molar refractivity (Wildman–Crippen MR) is 96.1 cm³/mol. The maximum atomic E-state index is 12.5. The molecule has 0 unspecified atom stereocenters. The van der Waals surface area contributed by atoms with Crippen LogP contribution in [0.2, 0.25) is 5.02 Å². The molecule has 0 atom stereocenters. The van der Waals surface area contributed by atoms with E-state index >= 15 is 0 Å². The number of nitrogens with zero attached hydrogens (tertiary/aromatic N) is 1. The summed E-state index contributed by atoms with van der Waals surface area (Å²) in [6, 6.07) is 7.38. The molecule has 126 valence electrons. The van der Waals surface area contributed by atoms with Crippen LogP contribution in [-0.4, -0.2) is 24.0 Å². The van der Waals surface area contributed by atoms with Crippen molar-refractivity contribution in [3.63, 3.8) is 0 Å². The minimum absolute atomic E-state index is 0.252. The first-order valence-corrected chi connectivity index (χ1v) is 8.40. The number of pyridine rings is 1. The standard InChI is InChI=1S/C18H20ClN3O2/c1-24-17-7-6-13(19)9-16(17)22-18(23)12-8-15(11-20-10-12)21-14-4-2-3-5-14/h6-11,14,21H,2-5H2,1H3,(H,22,23). The summed E-state index contributed by atoms with van der Waals surface area (Å²) in [5, 5.41) is 6.80. The Labute approximate surface area is 146 Å². The maximum absolute atomic E-state index is 12.5. The minimum atomic E-state index is -0.252. The van der Waals surface area contributed by atoms with Crippen LogP contribution in [0.25, 0.3) is 0 Å². The third kappa shape index (κ3) is 3.97. The lowest BCUT2D eigenvalue weighted by atomic mass is 10.2. The van der Waals surface area contributed by atoms with E-state index in [0.29, 0.717) is 28.1 Å². The number of nitrogens with one attached hydrogen (secondary N) is 2. The quantitative estimate of drug-likeness (QED) is 0.845. The van der Waals surface area contributed by atoms with Gasteiger partial charge < -0.3 is 15.4 Å². The first-order valence-electron chi connectivity index (χ1n) is 8.02. The van der Waals surface area contributed by atoms with Crippen molar-refractivity contribution in [3.05, 3.63) is 47.2 Å². The number of ether oxygens (including phenoxy) is 1. The topological polar surface area (TPSA) is 63.2 Å². The number of anilines is 2. The summed E-state index contributed by atoms with van der Waals surface area (Å²) in [7, 11) is 1.55. The first kappa shape index (κ1) is 16.6. The number of carbonyl (C=O) groups excluding carboxylic acids is 1. The molecule has 1 aromatic heterocycles. The molecule has 24 heavy (non-hydrogen) atoms. The van der Waals surface area contributed by atoms with Gasteiger partial charge in [-0.05, 0) is 37.1 Å². The second-order valence-electron chi connectivity index (χ2n) is 5.89. The molecule has 1 aliphatic rings. The maximum Gasteiger partial charge on any atom is 0.257 e. The van der Waals surface area contributed by atoms with Crippen LogP contribution >= 0.6 is 11.6 Å². The van der Waals surface area contributed by atoms with E-state index in [1.54, 1.807) is 37.7 Å². The summed E-state index contributed by atoms with van der Waals surface area (Å²) in [5.74, 6) is 0.305. The van der Waals surface area contributed by atoms with Crippen molar-refractivity contribution in [3.8, 4) is 5.75 Å². The van der Waals surface area contributed by atoms with Crippen LogP contribution < -0.4 is 15.4 Å². The number of amides is 1. The number of carbonyl (C=O) groups is 1. The number of halogens is 1. The fourth-order valence-corrected chi connectivity index (χ4v) is 3.09. The molecule has 5 nitrogen and oxygen atoms in total. The number of aromatic nitrogens is 1. The van der Waals surface area contributed by atoms with E-state index in [-0.39, 0.29) is 5.91 Å². The van der Waals surface area contributed by atoms with E-state index in [0.717, 1.165) is 18.5 Å². The summed E-state index contributed by atoms with van der Waals surface area (Å²) in [4.78, 5) is 16.7. The van der Waals surface area contributed by atoms with Crippen LogP contribution in [0.3, 0.4) is 0 Å². The molecule has 0 aliphatic heterocycles. The SMILES string of the molecule is COc1ccc(Cl)cc1NC(=O)c1cncc(NC2CCCC2)c1. The molecule has 1 heterocycles. The highest BCUT2D eigenvalue weighted by Crippen LogP contribution is 2.28. The van der Waals surface area contributed by atoms with Gasteiger partial charge in [0.1, 0.15) is 5.75 Å². The van der Waals surface area contributed by atoms with Crippen molar-refractivity contribution in [2.24, 2.45) is 0 Å². The molecule has 0 spiro atoms. The van der Waals surface area contributed by atoms with E-state index in [2.05, 4.69) is 15.6 Å². The Kier molecular flexibility index (Phi) is 5.20. The van der Waals surface area contributed by atoms with E-state index in [9.17, 15) is 4.79 Å². The van der Waals surface area contributed by atoms with Gasteiger partial charge in [0.2, 0.25) is 0 Å². The van der Waals surface area contributed by atoms with E-state index in [1.165, 1.54) is 12.8 Å². The number of rotatable bonds is 5. The second kappa shape index (κ2) is 7.53. The van der Waals surface area contributed by atoms with Crippen LogP contribution in [-0.2, 0) is 0 Å². The first-order chi connectivity index (χ1) is 11.7. The summed E-state index contributed by atoms with van der Waals surface area (Å²) >= 11 is 5.99. The highest BCUT2D eigenvalue weighted by Gasteiger charge is 2.16. The third-order valence-electron chi connectivity index (χ3n) is 4.14. The Balaban J connectivity index is 1.74. The average Bonchev–Trinajstić information content (AvgIpc) is 3.08. The van der Waals surface area contributed by atoms with Crippen LogP contribution in [0, 0.1) is 0 Å². The number of benzene rings is 1. The zero-order chi connectivity index (χ0) is 16.9. The van der Waals surface area contributed by atoms with Gasteiger partial charge in [0.15, 0.2) is 0 Å². The molecule has 2 N–H and O–H groups in total. The highest BCUT2D eigenvalue weighted by molar-refractivity contribution is 6.31. The Hall–Kier alpha value is -2.27. The third-order valence-corrected chi connectivity index (χ3v) is 4.37. The minimum Gasteiger partial charge on any atom is -0.495 e. The smallest absolute Gasteiger partial charge is 0.257 e. The van der Waals surface area contributed by atoms with Crippen molar-refractivity contribution in [1.29, 1.82) is 0 Å². The molecular weight excluding hydrogens is 326 g/mol.